The Kier molecular flexibility index (Phi) is 37.3. The molecule has 16 rings (SSSR count). The molecule has 0 bridgehead atoms. The van der Waals surface area contributed by atoms with Crippen LogP contribution in [-0.2, 0) is 75.9 Å². The predicted octanol–water partition coefficient (Wildman–Crippen LogP) is 21.6. The van der Waals surface area contributed by atoms with Gasteiger partial charge in [0.1, 0.15) is 10.6 Å². The monoisotopic (exact) mass is 1930 g/mol. The smallest absolute Gasteiger partial charge is 0.512 e. The third-order valence-corrected chi connectivity index (χ3v) is 16.8. The van der Waals surface area contributed by atoms with E-state index in [9.17, 15) is 9.59 Å². The number of carbonyl (C=O) groups is 1. The van der Waals surface area contributed by atoms with Gasteiger partial charge in [0.15, 0.2) is 5.78 Å². The van der Waals surface area contributed by atoms with Crippen LogP contribution in [0.5, 0.6) is 0 Å². The largest absolute Gasteiger partial charge is 3.00 e. The maximum Gasteiger partial charge on any atom is 3.00 e. The average Bonchev–Trinajstić information content (AvgIpc) is 0.758. The van der Waals surface area contributed by atoms with Crippen molar-refractivity contribution in [3.63, 3.8) is 0 Å². The number of aliphatic hydroxyl groups is 1. The van der Waals surface area contributed by atoms with Gasteiger partial charge in [0, 0.05) is 113 Å². The normalized spacial score (nSPS) is 12.0. The molecule has 2 radical (unpaired) electrons. The van der Waals surface area contributed by atoms with Crippen LogP contribution in [0.15, 0.2) is 307 Å². The van der Waals surface area contributed by atoms with Crippen molar-refractivity contribution < 1.29 is 74.6 Å². The minimum Gasteiger partial charge on any atom is -0.512 e. The fourth-order valence-corrected chi connectivity index (χ4v) is 11.7. The molecule has 15 heteroatoms. The van der Waals surface area contributed by atoms with Gasteiger partial charge in [-0.05, 0) is 133 Å². The second-order valence-corrected chi connectivity index (χ2v) is 25.3. The Morgan fingerprint density at radius 2 is 0.971 bits per heavy atom. The molecule has 0 fully saturated rings. The summed E-state index contributed by atoms with van der Waals surface area (Å²) in [5.41, 5.74) is 15.1. The van der Waals surface area contributed by atoms with Crippen LogP contribution in [0.4, 0.5) is 5.69 Å². The van der Waals surface area contributed by atoms with Gasteiger partial charge in [0.2, 0.25) is 0 Å². The Labute approximate surface area is 658 Å². The van der Waals surface area contributed by atoms with E-state index in [1.807, 2.05) is 243 Å². The van der Waals surface area contributed by atoms with E-state index in [0.29, 0.717) is 5.56 Å². The van der Waals surface area contributed by atoms with Crippen molar-refractivity contribution in [1.82, 2.24) is 29.9 Å². The molecule has 0 amide bonds. The van der Waals surface area contributed by atoms with Crippen molar-refractivity contribution in [3.05, 3.63) is 355 Å². The van der Waals surface area contributed by atoms with Crippen LogP contribution >= 0.6 is 11.3 Å². The number of thiazole rings is 1. The van der Waals surface area contributed by atoms with E-state index in [4.69, 9.17) is 14.5 Å². The zero-order valence-corrected chi connectivity index (χ0v) is 65.8. The van der Waals surface area contributed by atoms with Crippen molar-refractivity contribution in [2.24, 2.45) is 0 Å². The first kappa shape index (κ1) is 86.8. The van der Waals surface area contributed by atoms with Crippen LogP contribution < -0.4 is 10.5 Å². The van der Waals surface area contributed by atoms with Gasteiger partial charge in [-0.25, -0.2) is 9.78 Å². The van der Waals surface area contributed by atoms with Gasteiger partial charge in [0.05, 0.1) is 21.5 Å². The second kappa shape index (κ2) is 44.8. The topological polar surface area (TPSA) is 148 Å². The predicted molar refractivity (Wildman–Crippen MR) is 417 cm³/mol. The number of anilines is 1. The molecule has 1 N–H and O–H groups in total. The molecular formula is C89H86Ir3N7O4S-2. The zero-order valence-electron chi connectivity index (χ0n) is 57.8. The summed E-state index contributed by atoms with van der Waals surface area (Å²) in [6, 6.07) is 96.0. The Morgan fingerprint density at radius 3 is 1.36 bits per heavy atom. The molecule has 14 aromatic rings. The molecule has 2 aliphatic heterocycles. The van der Waals surface area contributed by atoms with Crippen LogP contribution in [0.3, 0.4) is 0 Å². The van der Waals surface area contributed by atoms with Gasteiger partial charge < -0.3 is 34.4 Å². The van der Waals surface area contributed by atoms with Crippen molar-refractivity contribution in [2.45, 2.75) is 87.0 Å². The number of hydrogen-bond donors (Lipinski definition) is 1. The summed E-state index contributed by atoms with van der Waals surface area (Å²) in [7, 11) is 0. The third-order valence-electron chi connectivity index (χ3n) is 15.7. The molecule has 0 spiro atoms. The maximum atomic E-state index is 13.2. The van der Waals surface area contributed by atoms with Crippen LogP contribution in [0.1, 0.15) is 85.9 Å². The van der Waals surface area contributed by atoms with Crippen molar-refractivity contribution in [1.29, 1.82) is 0 Å². The third kappa shape index (κ3) is 26.2. The molecular weight excluding hydrogens is 1840 g/mol. The van der Waals surface area contributed by atoms with E-state index in [-0.39, 0.29) is 103 Å². The Hall–Kier alpha value is -9.65. The molecule has 7 aromatic heterocycles. The van der Waals surface area contributed by atoms with Crippen molar-refractivity contribution >= 4 is 44.0 Å². The van der Waals surface area contributed by atoms with Crippen LogP contribution in [0.25, 0.3) is 76.8 Å². The number of aromatic nitrogens is 6. The van der Waals surface area contributed by atoms with Crippen molar-refractivity contribution in [2.75, 3.05) is 18.0 Å². The molecule has 2 aliphatic rings. The minimum absolute atomic E-state index is 0. The molecule has 11 nitrogen and oxygen atoms in total. The molecule has 104 heavy (non-hydrogen) atoms. The summed E-state index contributed by atoms with van der Waals surface area (Å²) in [6.45, 7) is 16.3. The summed E-state index contributed by atoms with van der Waals surface area (Å²) < 4.78 is 7.18. The quantitative estimate of drug-likeness (QED) is 0.0734. The van der Waals surface area contributed by atoms with E-state index >= 15 is 0 Å². The molecule has 0 atom stereocenters. The summed E-state index contributed by atoms with van der Waals surface area (Å²) in [5, 5.41) is 10.1. The van der Waals surface area contributed by atoms with E-state index in [1.165, 1.54) is 42.3 Å². The number of allylic oxidation sites excluding steroid dienone is 2. The van der Waals surface area contributed by atoms with Crippen LogP contribution in [0, 0.1) is 37.3 Å². The standard InChI is InChI=1S/C26H26N2O2S.C12H10N.3C11H8N.C6H5.C5H5N.C5H8O2.2CH4.3Ir/c1-25(2)9-11-28-12-10-26(3,4)20-21(28)17(25)14-15-13-16(24(29)30-22(15)20)23-27-18-7-5-6-8-19(18)31-23;1-10-7-8-13-12(9-10)11-5-3-2-4-6-11;3*1-2-6-10(7-3-1)11-8-4-5-9-12-11;2*1-2-4-6-5-3-1;1-4(6)3-5(2)7;;;;;/h5-8,13-14H,9-12H2,1-4H3;2-5,7-9H,1H3;3*1-6,8-9H;2*1-5H;3,6H,1-2H3;2*1H4;;;/q;5*-1;;;;;;;+3. The van der Waals surface area contributed by atoms with Crippen molar-refractivity contribution in [3.8, 4) is 55.6 Å². The first-order valence-electron chi connectivity index (χ1n) is 32.6. The molecule has 0 saturated heterocycles. The minimum atomic E-state index is -0.300. The maximum absolute atomic E-state index is 13.2. The molecule has 536 valence electrons. The molecule has 0 aliphatic carbocycles. The number of nitrogens with zero attached hydrogens (tertiary/aromatic N) is 7. The Bertz CT molecular complexity index is 4400. The first-order chi connectivity index (χ1) is 48.1. The number of rotatable bonds is 6. The van der Waals surface area contributed by atoms with Gasteiger partial charge in [-0.2, -0.15) is 36.4 Å². The van der Waals surface area contributed by atoms with Gasteiger partial charge >= 0.3 is 25.7 Å². The molecule has 0 unspecified atom stereocenters. The summed E-state index contributed by atoms with van der Waals surface area (Å²) in [4.78, 5) is 51.1. The summed E-state index contributed by atoms with van der Waals surface area (Å²) >= 11 is 1.54. The van der Waals surface area contributed by atoms with Crippen LogP contribution in [-0.4, -0.2) is 53.9 Å². The number of benzene rings is 7. The number of ketones is 1. The first-order valence-corrected chi connectivity index (χ1v) is 33.4. The molecule has 7 aromatic carbocycles. The summed E-state index contributed by atoms with van der Waals surface area (Å²) in [6.07, 6.45) is 14.0. The Balaban J connectivity index is 0.000000269. The number of para-hydroxylation sites is 1. The number of carbonyl (C=O) groups excluding carboxylic acids is 1. The zero-order chi connectivity index (χ0) is 69.7. The van der Waals surface area contributed by atoms with Gasteiger partial charge in [-0.1, -0.05) is 109 Å². The van der Waals surface area contributed by atoms with E-state index in [2.05, 4.69) is 107 Å². The number of hydrogen-bond acceptors (Lipinski definition) is 12. The van der Waals surface area contributed by atoms with Gasteiger partial charge in [0.25, 0.3) is 0 Å². The number of fused-ring (bicyclic) bond motifs is 3. The van der Waals surface area contributed by atoms with Crippen LogP contribution in [0.2, 0.25) is 0 Å². The van der Waals surface area contributed by atoms with E-state index < -0.39 is 0 Å². The second-order valence-electron chi connectivity index (χ2n) is 24.2. The SMILES string of the molecule is C.C.CC(=O)C=C(C)O.CC1(C)CCN2CCC(C)(C)c3c2c1cc1cc(-c2nc4ccccc4s2)c(=O)oc31.Cc1ccnc(-c2[c-]cccc2)c1.[Ir+3].[Ir].[Ir].[c-]1ccccc1.[c-]1ccccc1-c1ccccn1.[c-]1ccccc1-c1ccccn1.[c-]1ccccc1-c1ccccn1.c1ccncc1. The number of aliphatic hydroxyl groups excluding tert-OH is 1. The molecule has 0 saturated carbocycles. The fourth-order valence-electron chi connectivity index (χ4n) is 10.7. The molecule has 9 heterocycles. The van der Waals surface area contributed by atoms with E-state index in [0.717, 1.165) is 97.2 Å². The van der Waals surface area contributed by atoms with E-state index in [1.54, 1.807) is 42.3 Å². The number of pyridine rings is 5. The average molecular weight is 1930 g/mol. The van der Waals surface area contributed by atoms with Gasteiger partial charge in [-0.15, -0.1) is 155 Å². The number of aryl methyl sites for hydroxylation is 1. The fraction of sp³-hybridized carbons (Fsp3) is 0.169. The Morgan fingerprint density at radius 1 is 0.529 bits per heavy atom. The van der Waals surface area contributed by atoms with Gasteiger partial charge in [-0.3, -0.25) is 9.78 Å². The summed E-state index contributed by atoms with van der Waals surface area (Å²) in [5.74, 6) is -0.0625.